The molecule has 0 N–H and O–H groups in total. The molecule has 11 aromatic rings. The van der Waals surface area contributed by atoms with E-state index in [-0.39, 0.29) is 0 Å². The number of nitrogens with zero attached hydrogens (tertiary/aromatic N) is 1. The quantitative estimate of drug-likeness (QED) is 0.139. The van der Waals surface area contributed by atoms with Crippen molar-refractivity contribution in [3.05, 3.63) is 249 Å². The zero-order chi connectivity index (χ0) is 40.5. The van der Waals surface area contributed by atoms with Crippen molar-refractivity contribution < 1.29 is 0 Å². The van der Waals surface area contributed by atoms with Gasteiger partial charge in [0.15, 0.2) is 0 Å². The van der Waals surface area contributed by atoms with Crippen LogP contribution in [0.15, 0.2) is 249 Å². The van der Waals surface area contributed by atoms with Crippen LogP contribution in [0, 0.1) is 0 Å². The Morgan fingerprint density at radius 1 is 0.197 bits per heavy atom. The van der Waals surface area contributed by atoms with E-state index in [1.807, 2.05) is 0 Å². The van der Waals surface area contributed by atoms with Crippen LogP contribution < -0.4 is 4.90 Å². The topological polar surface area (TPSA) is 3.24 Å². The Bertz CT molecular complexity index is 3330. The van der Waals surface area contributed by atoms with Crippen molar-refractivity contribution >= 4 is 49.4 Å². The van der Waals surface area contributed by atoms with Crippen molar-refractivity contribution in [2.24, 2.45) is 0 Å². The highest BCUT2D eigenvalue weighted by Crippen LogP contribution is 2.44. The van der Waals surface area contributed by atoms with E-state index in [2.05, 4.69) is 254 Å². The number of anilines is 3. The molecule has 1 nitrogen and oxygen atoms in total. The highest BCUT2D eigenvalue weighted by Gasteiger charge is 2.19. The summed E-state index contributed by atoms with van der Waals surface area (Å²) in [6, 6.07) is 90.5. The molecule has 0 aliphatic heterocycles. The van der Waals surface area contributed by atoms with E-state index in [0.29, 0.717) is 0 Å². The fourth-order valence-electron chi connectivity index (χ4n) is 9.05. The summed E-state index contributed by atoms with van der Waals surface area (Å²) in [5.41, 5.74) is 15.2. The smallest absolute Gasteiger partial charge is 0.0468 e. The fourth-order valence-corrected chi connectivity index (χ4v) is 9.05. The van der Waals surface area contributed by atoms with Gasteiger partial charge in [-0.25, -0.2) is 0 Å². The van der Waals surface area contributed by atoms with Crippen LogP contribution in [0.3, 0.4) is 0 Å². The molecule has 0 aliphatic carbocycles. The van der Waals surface area contributed by atoms with Gasteiger partial charge in [0.05, 0.1) is 0 Å². The van der Waals surface area contributed by atoms with E-state index in [4.69, 9.17) is 0 Å². The van der Waals surface area contributed by atoms with Gasteiger partial charge < -0.3 is 4.90 Å². The molecule has 0 fully saturated rings. The predicted molar refractivity (Wildman–Crippen MR) is 261 cm³/mol. The minimum atomic E-state index is 1.08. The molecule has 0 unspecified atom stereocenters. The molecule has 0 radical (unpaired) electrons. The average Bonchev–Trinajstić information content (AvgIpc) is 3.34. The molecule has 0 saturated carbocycles. The van der Waals surface area contributed by atoms with E-state index < -0.39 is 0 Å². The van der Waals surface area contributed by atoms with Crippen LogP contribution in [-0.4, -0.2) is 0 Å². The third-order valence-electron chi connectivity index (χ3n) is 12.1. The van der Waals surface area contributed by atoms with Gasteiger partial charge in [0, 0.05) is 17.1 Å². The first kappa shape index (κ1) is 36.1. The number of fused-ring (bicyclic) bond motifs is 4. The van der Waals surface area contributed by atoms with E-state index in [1.165, 1.54) is 88.0 Å². The first-order valence-corrected chi connectivity index (χ1v) is 21.0. The van der Waals surface area contributed by atoms with Gasteiger partial charge in [-0.15, -0.1) is 0 Å². The van der Waals surface area contributed by atoms with E-state index in [0.717, 1.165) is 17.1 Å². The monoisotopic (exact) mass is 775 g/mol. The number of rotatable bonds is 8. The van der Waals surface area contributed by atoms with Crippen molar-refractivity contribution in [1.29, 1.82) is 0 Å². The molecule has 1 heteroatoms. The van der Waals surface area contributed by atoms with Gasteiger partial charge in [-0.3, -0.25) is 0 Å². The van der Waals surface area contributed by atoms with E-state index in [1.54, 1.807) is 0 Å². The average molecular weight is 776 g/mol. The molecule has 0 bridgehead atoms. The second kappa shape index (κ2) is 15.6. The maximum atomic E-state index is 2.40. The van der Waals surface area contributed by atoms with Gasteiger partial charge in [0.25, 0.3) is 0 Å². The second-order valence-corrected chi connectivity index (χ2v) is 15.7. The molecule has 0 atom stereocenters. The highest BCUT2D eigenvalue weighted by atomic mass is 15.1. The molecule has 0 amide bonds. The van der Waals surface area contributed by atoms with Gasteiger partial charge in [0.2, 0.25) is 0 Å². The lowest BCUT2D eigenvalue weighted by Crippen LogP contribution is -2.10. The lowest BCUT2D eigenvalue weighted by atomic mass is 9.89. The standard InChI is InChI=1S/C60H41N/c1-3-16-44(17-4-1)53-22-11-12-25-57(53)60-41-52(37-38-55(60)45-18-5-2-6-19-45)61(50-33-29-43(30-34-50)48-28-27-42-15-7-8-20-47(42)39-48)51-35-31-46(32-36-51)59-40-49-21-9-10-23-54(49)56-24-13-14-26-58(56)59/h1-41H. The van der Waals surface area contributed by atoms with Gasteiger partial charge in [0.1, 0.15) is 0 Å². The van der Waals surface area contributed by atoms with Crippen LogP contribution in [0.4, 0.5) is 17.1 Å². The molecular weight excluding hydrogens is 735 g/mol. The molecule has 11 rings (SSSR count). The molecule has 61 heavy (non-hydrogen) atoms. The molecule has 0 aromatic heterocycles. The van der Waals surface area contributed by atoms with Crippen LogP contribution in [0.25, 0.3) is 88.0 Å². The first-order valence-electron chi connectivity index (χ1n) is 21.0. The van der Waals surface area contributed by atoms with Crippen LogP contribution >= 0.6 is 0 Å². The number of benzene rings is 11. The Labute approximate surface area is 357 Å². The zero-order valence-corrected chi connectivity index (χ0v) is 33.6. The SMILES string of the molecule is c1ccc(-c2ccccc2-c2cc(N(c3ccc(-c4ccc5ccccc5c4)cc3)c3ccc(-c4cc5ccccc5c5ccccc45)cc3)ccc2-c2ccccc2)cc1. The molecule has 0 spiro atoms. The summed E-state index contributed by atoms with van der Waals surface area (Å²) in [6.07, 6.45) is 0. The number of hydrogen-bond acceptors (Lipinski definition) is 1. The molecular formula is C60H41N. The first-order chi connectivity index (χ1) is 30.2. The Morgan fingerprint density at radius 3 is 1.36 bits per heavy atom. The Morgan fingerprint density at radius 2 is 0.672 bits per heavy atom. The van der Waals surface area contributed by atoms with Gasteiger partial charge in [-0.2, -0.15) is 0 Å². The summed E-state index contributed by atoms with van der Waals surface area (Å²) in [7, 11) is 0. The van der Waals surface area contributed by atoms with Gasteiger partial charge >= 0.3 is 0 Å². The van der Waals surface area contributed by atoms with Crippen LogP contribution in [0.1, 0.15) is 0 Å². The van der Waals surface area contributed by atoms with E-state index in [9.17, 15) is 0 Å². The fraction of sp³-hybridized carbons (Fsp3) is 0. The van der Waals surface area contributed by atoms with Gasteiger partial charge in [-0.05, 0) is 136 Å². The third-order valence-corrected chi connectivity index (χ3v) is 12.1. The van der Waals surface area contributed by atoms with Crippen LogP contribution in [0.2, 0.25) is 0 Å². The van der Waals surface area contributed by atoms with Crippen molar-refractivity contribution in [2.75, 3.05) is 4.90 Å². The summed E-state index contributed by atoms with van der Waals surface area (Å²) >= 11 is 0. The van der Waals surface area contributed by atoms with Crippen LogP contribution in [-0.2, 0) is 0 Å². The lowest BCUT2D eigenvalue weighted by Gasteiger charge is -2.27. The second-order valence-electron chi connectivity index (χ2n) is 15.7. The summed E-state index contributed by atoms with van der Waals surface area (Å²) in [4.78, 5) is 2.40. The van der Waals surface area contributed by atoms with Crippen molar-refractivity contribution in [1.82, 2.24) is 0 Å². The molecule has 286 valence electrons. The van der Waals surface area contributed by atoms with Crippen molar-refractivity contribution in [2.45, 2.75) is 0 Å². The minimum Gasteiger partial charge on any atom is -0.310 e. The minimum absolute atomic E-state index is 1.08. The van der Waals surface area contributed by atoms with Crippen molar-refractivity contribution in [3.8, 4) is 55.6 Å². The van der Waals surface area contributed by atoms with Gasteiger partial charge in [-0.1, -0.05) is 200 Å². The normalized spacial score (nSPS) is 11.3. The maximum Gasteiger partial charge on any atom is 0.0468 e. The summed E-state index contributed by atoms with van der Waals surface area (Å²) in [5, 5.41) is 7.54. The van der Waals surface area contributed by atoms with Crippen molar-refractivity contribution in [3.63, 3.8) is 0 Å². The Kier molecular flexibility index (Phi) is 9.26. The molecule has 0 aliphatic rings. The largest absolute Gasteiger partial charge is 0.310 e. The zero-order valence-electron chi connectivity index (χ0n) is 33.6. The summed E-state index contributed by atoms with van der Waals surface area (Å²) in [6.45, 7) is 0. The third kappa shape index (κ3) is 6.83. The molecule has 0 saturated heterocycles. The number of hydrogen-bond donors (Lipinski definition) is 0. The highest BCUT2D eigenvalue weighted by molar-refractivity contribution is 6.13. The Hall–Kier alpha value is -8.00. The maximum absolute atomic E-state index is 2.40. The van der Waals surface area contributed by atoms with E-state index >= 15 is 0 Å². The lowest BCUT2D eigenvalue weighted by molar-refractivity contribution is 1.28. The Balaban J connectivity index is 1.08. The molecule has 11 aromatic carbocycles. The van der Waals surface area contributed by atoms with Crippen LogP contribution in [0.5, 0.6) is 0 Å². The predicted octanol–water partition coefficient (Wildman–Crippen LogP) is 17.0. The summed E-state index contributed by atoms with van der Waals surface area (Å²) < 4.78 is 0. The molecule has 0 heterocycles. The summed E-state index contributed by atoms with van der Waals surface area (Å²) in [5.74, 6) is 0.